The van der Waals surface area contributed by atoms with Gasteiger partial charge in [0, 0.05) is 17.0 Å². The van der Waals surface area contributed by atoms with E-state index in [1.54, 1.807) is 19.1 Å². The van der Waals surface area contributed by atoms with E-state index in [2.05, 4.69) is 11.8 Å². The van der Waals surface area contributed by atoms with E-state index in [0.29, 0.717) is 15.6 Å². The summed E-state index contributed by atoms with van der Waals surface area (Å²) in [5.74, 6) is 4.58. The van der Waals surface area contributed by atoms with Crippen LogP contribution in [0.3, 0.4) is 0 Å². The van der Waals surface area contributed by atoms with Crippen LogP contribution in [0.4, 0.5) is 5.69 Å². The predicted octanol–water partition coefficient (Wildman–Crippen LogP) is 5.82. The van der Waals surface area contributed by atoms with E-state index in [-0.39, 0.29) is 27.4 Å². The molecule has 1 N–H and O–H groups in total. The Hall–Kier alpha value is -2.00. The number of benzene rings is 1. The zero-order valence-corrected chi connectivity index (χ0v) is 17.7. The summed E-state index contributed by atoms with van der Waals surface area (Å²) >= 11 is 13.1. The molecule has 0 radical (unpaired) electrons. The van der Waals surface area contributed by atoms with Crippen molar-refractivity contribution in [3.05, 3.63) is 49.6 Å². The topological polar surface area (TPSA) is 57.6 Å². The number of carboxylic acid groups (broad SMARTS) is 1. The van der Waals surface area contributed by atoms with E-state index in [1.165, 1.54) is 17.0 Å². The second-order valence-electron chi connectivity index (χ2n) is 6.80. The maximum atomic E-state index is 13.0. The lowest BCUT2D eigenvalue weighted by molar-refractivity contribution is 0.0703. The molecular weight excluding hydrogens is 405 g/mol. The quantitative estimate of drug-likeness (QED) is 0.630. The van der Waals surface area contributed by atoms with Crippen LogP contribution >= 0.6 is 34.5 Å². The lowest BCUT2D eigenvalue weighted by Gasteiger charge is -2.21. The first-order valence-electron chi connectivity index (χ1n) is 8.20. The Morgan fingerprint density at radius 2 is 1.89 bits per heavy atom. The van der Waals surface area contributed by atoms with E-state index in [1.807, 2.05) is 20.8 Å². The van der Waals surface area contributed by atoms with Gasteiger partial charge >= 0.3 is 5.97 Å². The van der Waals surface area contributed by atoms with Crippen molar-refractivity contribution in [2.75, 3.05) is 11.4 Å². The van der Waals surface area contributed by atoms with E-state index < -0.39 is 11.9 Å². The summed E-state index contributed by atoms with van der Waals surface area (Å²) < 4.78 is 0. The van der Waals surface area contributed by atoms with Gasteiger partial charge in [0.25, 0.3) is 5.91 Å². The minimum atomic E-state index is -1.10. The molecule has 2 rings (SSSR count). The summed E-state index contributed by atoms with van der Waals surface area (Å²) in [6, 6.07) is 6.22. The largest absolute Gasteiger partial charge is 0.477 e. The molecule has 0 aliphatic heterocycles. The highest BCUT2D eigenvalue weighted by atomic mass is 35.5. The third-order valence-electron chi connectivity index (χ3n) is 3.48. The van der Waals surface area contributed by atoms with Gasteiger partial charge in [-0.25, -0.2) is 4.79 Å². The van der Waals surface area contributed by atoms with Crippen molar-refractivity contribution in [3.8, 4) is 11.8 Å². The zero-order chi connectivity index (χ0) is 20.4. The van der Waals surface area contributed by atoms with Gasteiger partial charge in [0.2, 0.25) is 0 Å². The molecule has 2 aromatic rings. The van der Waals surface area contributed by atoms with E-state index >= 15 is 0 Å². The van der Waals surface area contributed by atoms with Crippen LogP contribution in [-0.4, -0.2) is 23.5 Å². The third kappa shape index (κ3) is 5.26. The van der Waals surface area contributed by atoms with Gasteiger partial charge in [-0.2, -0.15) is 0 Å². The Kier molecular flexibility index (Phi) is 6.59. The number of halogens is 2. The number of nitrogens with zero attached hydrogens (tertiary/aromatic N) is 1. The predicted molar refractivity (Wildman–Crippen MR) is 111 cm³/mol. The lowest BCUT2D eigenvalue weighted by Crippen LogP contribution is -2.31. The molecule has 0 unspecified atom stereocenters. The van der Waals surface area contributed by atoms with Crippen molar-refractivity contribution < 1.29 is 14.7 Å². The Morgan fingerprint density at radius 1 is 1.22 bits per heavy atom. The van der Waals surface area contributed by atoms with Crippen molar-refractivity contribution in [2.24, 2.45) is 5.41 Å². The number of carbonyl (C=O) groups is 2. The number of hydrogen-bond acceptors (Lipinski definition) is 3. The average Bonchev–Trinajstić information content (AvgIpc) is 2.97. The first-order valence-corrected chi connectivity index (χ1v) is 9.78. The van der Waals surface area contributed by atoms with Gasteiger partial charge in [0.15, 0.2) is 0 Å². The highest BCUT2D eigenvalue weighted by Crippen LogP contribution is 2.32. The summed E-state index contributed by atoms with van der Waals surface area (Å²) in [5.41, 5.74) is 0.349. The molecule has 0 saturated heterocycles. The molecule has 0 saturated carbocycles. The molecule has 4 nitrogen and oxygen atoms in total. The maximum absolute atomic E-state index is 13.0. The number of carbonyl (C=O) groups excluding carboxylic acids is 1. The molecule has 7 heteroatoms. The minimum Gasteiger partial charge on any atom is -0.477 e. The number of aromatic carboxylic acids is 1. The van der Waals surface area contributed by atoms with Crippen LogP contribution in [0.5, 0.6) is 0 Å². The van der Waals surface area contributed by atoms with Gasteiger partial charge in [-0.15, -0.1) is 11.3 Å². The number of rotatable bonds is 4. The number of amides is 1. The molecule has 1 amide bonds. The summed E-state index contributed by atoms with van der Waals surface area (Å²) in [7, 11) is 0. The smallest absolute Gasteiger partial charge is 0.348 e. The molecule has 0 atom stereocenters. The van der Waals surface area contributed by atoms with Crippen LogP contribution in [-0.2, 0) is 0 Å². The van der Waals surface area contributed by atoms with E-state index in [0.717, 1.165) is 11.3 Å². The maximum Gasteiger partial charge on any atom is 0.348 e. The molecule has 1 heterocycles. The second kappa shape index (κ2) is 8.35. The van der Waals surface area contributed by atoms with Crippen LogP contribution in [0, 0.1) is 17.3 Å². The Bertz CT molecular complexity index is 948. The molecule has 0 spiro atoms. The van der Waals surface area contributed by atoms with Gasteiger partial charge in [0.1, 0.15) is 4.88 Å². The van der Waals surface area contributed by atoms with Gasteiger partial charge in [-0.05, 0) is 52.0 Å². The van der Waals surface area contributed by atoms with Gasteiger partial charge in [-0.3, -0.25) is 4.79 Å². The zero-order valence-electron chi connectivity index (χ0n) is 15.4. The van der Waals surface area contributed by atoms with Crippen LogP contribution in [0.15, 0.2) is 24.3 Å². The SMILES string of the molecule is CCN(C(=O)c1ccc(Cl)cc1Cl)c1cc(C#CC(C)(C)C)sc1C(=O)O. The fourth-order valence-corrected chi connectivity index (χ4v) is 3.62. The van der Waals surface area contributed by atoms with E-state index in [4.69, 9.17) is 23.2 Å². The van der Waals surface area contributed by atoms with Crippen LogP contribution in [0.25, 0.3) is 0 Å². The second-order valence-corrected chi connectivity index (χ2v) is 8.70. The Balaban J connectivity index is 2.51. The standard InChI is InChI=1S/C20H19Cl2NO3S/c1-5-23(18(24)14-7-6-12(21)10-15(14)22)16-11-13(8-9-20(2,3)4)27-17(16)19(25)26/h6-7,10-11H,5H2,1-4H3,(H,25,26). The molecule has 1 aromatic heterocycles. The van der Waals surface area contributed by atoms with Crippen LogP contribution < -0.4 is 4.90 Å². The van der Waals surface area contributed by atoms with Crippen LogP contribution in [0.1, 0.15) is 52.6 Å². The number of thiophene rings is 1. The normalized spacial score (nSPS) is 10.9. The van der Waals surface area contributed by atoms with Gasteiger partial charge in [0.05, 0.1) is 21.2 Å². The molecule has 0 bridgehead atoms. The van der Waals surface area contributed by atoms with Crippen molar-refractivity contribution in [2.45, 2.75) is 27.7 Å². The number of anilines is 1. The van der Waals surface area contributed by atoms with Crippen molar-refractivity contribution >= 4 is 52.1 Å². The van der Waals surface area contributed by atoms with Gasteiger partial charge in [-0.1, -0.05) is 35.0 Å². The molecule has 1 aromatic carbocycles. The molecular formula is C20H19Cl2NO3S. The summed E-state index contributed by atoms with van der Waals surface area (Å²) in [6.07, 6.45) is 0. The molecule has 142 valence electrons. The first-order chi connectivity index (χ1) is 12.5. The van der Waals surface area contributed by atoms with Crippen molar-refractivity contribution in [1.82, 2.24) is 0 Å². The monoisotopic (exact) mass is 423 g/mol. The molecule has 0 aliphatic rings. The summed E-state index contributed by atoms with van der Waals surface area (Å²) in [5, 5.41) is 10.2. The fraction of sp³-hybridized carbons (Fsp3) is 0.300. The first kappa shape index (κ1) is 21.3. The lowest BCUT2D eigenvalue weighted by atomic mass is 9.98. The molecule has 27 heavy (non-hydrogen) atoms. The highest BCUT2D eigenvalue weighted by Gasteiger charge is 2.26. The summed E-state index contributed by atoms with van der Waals surface area (Å²) in [6.45, 7) is 7.96. The van der Waals surface area contributed by atoms with Gasteiger partial charge < -0.3 is 10.0 Å². The number of hydrogen-bond donors (Lipinski definition) is 1. The fourth-order valence-electron chi connectivity index (χ4n) is 2.28. The molecule has 0 fully saturated rings. The molecule has 0 aliphatic carbocycles. The van der Waals surface area contributed by atoms with Crippen molar-refractivity contribution in [3.63, 3.8) is 0 Å². The Labute approximate surface area is 172 Å². The van der Waals surface area contributed by atoms with Crippen molar-refractivity contribution in [1.29, 1.82) is 0 Å². The highest BCUT2D eigenvalue weighted by molar-refractivity contribution is 7.15. The van der Waals surface area contributed by atoms with E-state index in [9.17, 15) is 14.7 Å². The van der Waals surface area contributed by atoms with Crippen LogP contribution in [0.2, 0.25) is 10.0 Å². The number of carboxylic acids is 1. The Morgan fingerprint density at radius 3 is 2.41 bits per heavy atom. The minimum absolute atomic E-state index is 0.0634. The third-order valence-corrected chi connectivity index (χ3v) is 5.06. The summed E-state index contributed by atoms with van der Waals surface area (Å²) in [4.78, 5) is 26.7. The average molecular weight is 424 g/mol.